The van der Waals surface area contributed by atoms with E-state index in [9.17, 15) is 4.79 Å². The zero-order valence-electron chi connectivity index (χ0n) is 10.5. The lowest BCUT2D eigenvalue weighted by molar-refractivity contribution is 0.0690. The molecule has 0 aliphatic carbocycles. The average Bonchev–Trinajstić information content (AvgIpc) is 2.80. The summed E-state index contributed by atoms with van der Waals surface area (Å²) in [7, 11) is 0. The normalized spacial score (nSPS) is 10.8. The highest BCUT2D eigenvalue weighted by atomic mass is 16.4. The van der Waals surface area contributed by atoms with Gasteiger partial charge in [0.25, 0.3) is 0 Å². The average molecular weight is 268 g/mol. The van der Waals surface area contributed by atoms with E-state index in [2.05, 4.69) is 10.1 Å². The molecule has 3 rings (SSSR count). The molecule has 0 saturated heterocycles. The number of carbonyl (C=O) groups is 1. The van der Waals surface area contributed by atoms with Gasteiger partial charge in [-0.1, -0.05) is 24.3 Å². The first-order valence-electron chi connectivity index (χ1n) is 6.04. The molecular formula is C14H12N4O2. The maximum atomic E-state index is 10.9. The monoisotopic (exact) mass is 268 g/mol. The fourth-order valence-corrected chi connectivity index (χ4v) is 2.15. The van der Waals surface area contributed by atoms with Crippen molar-refractivity contribution in [1.82, 2.24) is 14.8 Å². The fraction of sp³-hybridized carbons (Fsp3) is 0.0714. The SMILES string of the molecule is Nc1cn(Cc2cccc3cccnc23)nc1C(=O)O. The third kappa shape index (κ3) is 2.07. The molecule has 2 aromatic heterocycles. The fourth-order valence-electron chi connectivity index (χ4n) is 2.15. The summed E-state index contributed by atoms with van der Waals surface area (Å²) in [5.74, 6) is -1.13. The molecular weight excluding hydrogens is 256 g/mol. The molecule has 20 heavy (non-hydrogen) atoms. The van der Waals surface area contributed by atoms with Crippen LogP contribution in [0.2, 0.25) is 0 Å². The van der Waals surface area contributed by atoms with Crippen molar-refractivity contribution in [2.45, 2.75) is 6.54 Å². The maximum Gasteiger partial charge on any atom is 0.358 e. The molecule has 0 unspecified atom stereocenters. The van der Waals surface area contributed by atoms with E-state index in [1.165, 1.54) is 10.9 Å². The number of anilines is 1. The van der Waals surface area contributed by atoms with Crippen molar-refractivity contribution in [3.8, 4) is 0 Å². The Labute approximate surface area is 114 Å². The number of carboxylic acids is 1. The zero-order valence-corrected chi connectivity index (χ0v) is 10.5. The van der Waals surface area contributed by atoms with Gasteiger partial charge in [-0.05, 0) is 11.6 Å². The van der Waals surface area contributed by atoms with Gasteiger partial charge in [0.1, 0.15) is 0 Å². The Morgan fingerprint density at radius 3 is 2.85 bits per heavy atom. The van der Waals surface area contributed by atoms with Gasteiger partial charge in [-0.2, -0.15) is 5.10 Å². The minimum absolute atomic E-state index is 0.127. The Bertz CT molecular complexity index is 789. The lowest BCUT2D eigenvalue weighted by Crippen LogP contribution is -2.05. The van der Waals surface area contributed by atoms with E-state index < -0.39 is 5.97 Å². The van der Waals surface area contributed by atoms with Crippen molar-refractivity contribution < 1.29 is 9.90 Å². The number of hydrogen-bond donors (Lipinski definition) is 2. The summed E-state index contributed by atoms with van der Waals surface area (Å²) >= 11 is 0. The van der Waals surface area contributed by atoms with Crippen molar-refractivity contribution >= 4 is 22.6 Å². The van der Waals surface area contributed by atoms with Gasteiger partial charge in [0, 0.05) is 17.8 Å². The zero-order chi connectivity index (χ0) is 14.1. The Balaban J connectivity index is 2.01. The third-order valence-corrected chi connectivity index (χ3v) is 3.04. The van der Waals surface area contributed by atoms with Crippen LogP contribution in [0.3, 0.4) is 0 Å². The van der Waals surface area contributed by atoms with Gasteiger partial charge in [-0.15, -0.1) is 0 Å². The maximum absolute atomic E-state index is 10.9. The molecule has 2 heterocycles. The first-order chi connectivity index (χ1) is 9.65. The van der Waals surface area contributed by atoms with E-state index >= 15 is 0 Å². The number of nitrogens with two attached hydrogens (primary N) is 1. The molecule has 100 valence electrons. The molecule has 3 N–H and O–H groups in total. The van der Waals surface area contributed by atoms with Crippen LogP contribution in [0.4, 0.5) is 5.69 Å². The third-order valence-electron chi connectivity index (χ3n) is 3.04. The molecule has 1 aromatic carbocycles. The van der Waals surface area contributed by atoms with E-state index in [1.54, 1.807) is 6.20 Å². The van der Waals surface area contributed by atoms with E-state index in [1.807, 2.05) is 30.3 Å². The van der Waals surface area contributed by atoms with Crippen LogP contribution >= 0.6 is 0 Å². The molecule has 0 bridgehead atoms. The number of pyridine rings is 1. The Kier molecular flexibility index (Phi) is 2.83. The summed E-state index contributed by atoms with van der Waals surface area (Å²) in [5, 5.41) is 14.0. The number of aromatic nitrogens is 3. The second-order valence-electron chi connectivity index (χ2n) is 4.43. The lowest BCUT2D eigenvalue weighted by Gasteiger charge is -2.05. The van der Waals surface area contributed by atoms with Crippen LogP contribution in [0.15, 0.2) is 42.7 Å². The van der Waals surface area contributed by atoms with E-state index in [4.69, 9.17) is 10.8 Å². The van der Waals surface area contributed by atoms with Gasteiger partial charge in [-0.25, -0.2) is 4.79 Å². The highest BCUT2D eigenvalue weighted by Gasteiger charge is 2.13. The second kappa shape index (κ2) is 4.65. The molecule has 0 aliphatic heterocycles. The minimum atomic E-state index is -1.13. The van der Waals surface area contributed by atoms with E-state index in [-0.39, 0.29) is 11.4 Å². The van der Waals surface area contributed by atoms with Crippen LogP contribution in [-0.2, 0) is 6.54 Å². The van der Waals surface area contributed by atoms with Gasteiger partial charge in [-0.3, -0.25) is 9.67 Å². The van der Waals surface area contributed by atoms with Crippen molar-refractivity contribution in [3.63, 3.8) is 0 Å². The summed E-state index contributed by atoms with van der Waals surface area (Å²) in [4.78, 5) is 15.3. The van der Waals surface area contributed by atoms with Crippen LogP contribution in [0.1, 0.15) is 16.1 Å². The van der Waals surface area contributed by atoms with Crippen molar-refractivity contribution in [2.75, 3.05) is 5.73 Å². The molecule has 0 radical (unpaired) electrons. The van der Waals surface area contributed by atoms with Gasteiger partial charge >= 0.3 is 5.97 Å². The molecule has 6 heteroatoms. The summed E-state index contributed by atoms with van der Waals surface area (Å²) in [6, 6.07) is 9.70. The van der Waals surface area contributed by atoms with Crippen LogP contribution < -0.4 is 5.73 Å². The summed E-state index contributed by atoms with van der Waals surface area (Å²) in [6.07, 6.45) is 3.25. The standard InChI is InChI=1S/C14H12N4O2/c15-11-8-18(17-13(11)14(19)20)7-10-4-1-3-9-5-2-6-16-12(9)10/h1-6,8H,7,15H2,(H,19,20). The number of hydrogen-bond acceptors (Lipinski definition) is 4. The number of fused-ring (bicyclic) bond motifs is 1. The van der Waals surface area contributed by atoms with Gasteiger partial charge < -0.3 is 10.8 Å². The predicted molar refractivity (Wildman–Crippen MR) is 74.4 cm³/mol. The van der Waals surface area contributed by atoms with Crippen molar-refractivity contribution in [2.24, 2.45) is 0 Å². The van der Waals surface area contributed by atoms with Gasteiger partial charge in [0.2, 0.25) is 0 Å². The topological polar surface area (TPSA) is 94.0 Å². The number of aromatic carboxylic acids is 1. The van der Waals surface area contributed by atoms with Crippen LogP contribution in [0.25, 0.3) is 10.9 Å². The number of carboxylic acid groups (broad SMARTS) is 1. The Morgan fingerprint density at radius 1 is 1.30 bits per heavy atom. The number of para-hydroxylation sites is 1. The molecule has 0 spiro atoms. The lowest BCUT2D eigenvalue weighted by atomic mass is 10.1. The first-order valence-corrected chi connectivity index (χ1v) is 6.04. The van der Waals surface area contributed by atoms with Crippen LogP contribution in [-0.4, -0.2) is 25.8 Å². The number of rotatable bonds is 3. The van der Waals surface area contributed by atoms with E-state index in [0.29, 0.717) is 6.54 Å². The highest BCUT2D eigenvalue weighted by Crippen LogP contribution is 2.18. The molecule has 0 amide bonds. The molecule has 0 aliphatic rings. The largest absolute Gasteiger partial charge is 0.476 e. The van der Waals surface area contributed by atoms with Gasteiger partial charge in [0.15, 0.2) is 5.69 Å². The molecule has 0 fully saturated rings. The molecule has 3 aromatic rings. The molecule has 6 nitrogen and oxygen atoms in total. The summed E-state index contributed by atoms with van der Waals surface area (Å²) < 4.78 is 1.52. The number of nitrogen functional groups attached to an aromatic ring is 1. The number of benzene rings is 1. The van der Waals surface area contributed by atoms with Gasteiger partial charge in [0.05, 0.1) is 17.7 Å². The van der Waals surface area contributed by atoms with E-state index in [0.717, 1.165) is 16.5 Å². The quantitative estimate of drug-likeness (QED) is 0.754. The van der Waals surface area contributed by atoms with Crippen molar-refractivity contribution in [1.29, 1.82) is 0 Å². The smallest absolute Gasteiger partial charge is 0.358 e. The Morgan fingerprint density at radius 2 is 2.10 bits per heavy atom. The molecule has 0 atom stereocenters. The Hall–Kier alpha value is -2.89. The number of nitrogens with zero attached hydrogens (tertiary/aromatic N) is 3. The van der Waals surface area contributed by atoms with Crippen LogP contribution in [0, 0.1) is 0 Å². The minimum Gasteiger partial charge on any atom is -0.476 e. The molecule has 0 saturated carbocycles. The van der Waals surface area contributed by atoms with Crippen LogP contribution in [0.5, 0.6) is 0 Å². The first kappa shape index (κ1) is 12.2. The van der Waals surface area contributed by atoms with Crippen molar-refractivity contribution in [3.05, 3.63) is 54.0 Å². The highest BCUT2D eigenvalue weighted by molar-refractivity contribution is 5.91. The predicted octanol–water partition coefficient (Wildman–Crippen LogP) is 1.76. The summed E-state index contributed by atoms with van der Waals surface area (Å²) in [5.41, 5.74) is 7.50. The second-order valence-corrected chi connectivity index (χ2v) is 4.43. The summed E-state index contributed by atoms with van der Waals surface area (Å²) in [6.45, 7) is 0.422.